The number of carbonyl (C=O) groups excluding carboxylic acids is 4. The molecule has 0 aliphatic carbocycles. The van der Waals surface area contributed by atoms with E-state index >= 15 is 0 Å². The molecule has 8 nitrogen and oxygen atoms in total. The summed E-state index contributed by atoms with van der Waals surface area (Å²) in [5, 5.41) is 2.64. The van der Waals surface area contributed by atoms with E-state index in [-0.39, 0.29) is 12.5 Å². The highest BCUT2D eigenvalue weighted by atomic mass is 16.6. The number of ether oxygens (including phenoxy) is 3. The Kier molecular flexibility index (Phi) is 18.6. The number of nitrogens with one attached hydrogen (secondary N) is 1. The largest absolute Gasteiger partial charge is 0.464 e. The van der Waals surface area contributed by atoms with Crippen LogP contribution in [0, 0.1) is 0 Å². The smallest absolute Gasteiger partial charge is 0.303 e. The van der Waals surface area contributed by atoms with Gasteiger partial charge in [-0.15, -0.1) is 0 Å². The molecule has 196 valence electrons. The maximum atomic E-state index is 11.8. The minimum atomic E-state index is -0.979. The van der Waals surface area contributed by atoms with Crippen LogP contribution in [0.4, 0.5) is 0 Å². The van der Waals surface area contributed by atoms with Crippen molar-refractivity contribution >= 4 is 23.8 Å². The fourth-order valence-electron chi connectivity index (χ4n) is 3.68. The van der Waals surface area contributed by atoms with Crippen LogP contribution in [0.15, 0.2) is 12.2 Å². The van der Waals surface area contributed by atoms with Gasteiger partial charge in [-0.25, -0.2) is 0 Å². The second-order valence-corrected chi connectivity index (χ2v) is 8.64. The molecule has 3 unspecified atom stereocenters. The highest BCUT2D eigenvalue weighted by molar-refractivity contribution is 5.73. The Balaban J connectivity index is 4.85. The van der Waals surface area contributed by atoms with E-state index in [1.807, 2.05) is 0 Å². The maximum absolute atomic E-state index is 11.8. The van der Waals surface area contributed by atoms with Crippen LogP contribution in [0.25, 0.3) is 0 Å². The fraction of sp³-hybridized carbons (Fsp3) is 0.769. The molecular weight excluding hydrogens is 438 g/mol. The van der Waals surface area contributed by atoms with Gasteiger partial charge in [0.1, 0.15) is 18.8 Å². The van der Waals surface area contributed by atoms with Gasteiger partial charge in [-0.3, -0.25) is 19.2 Å². The first-order valence-electron chi connectivity index (χ1n) is 12.6. The number of carbonyl (C=O) groups is 4. The number of rotatable bonds is 19. The lowest BCUT2D eigenvalue weighted by Gasteiger charge is -2.32. The third-order valence-electron chi connectivity index (χ3n) is 5.24. The Hall–Kier alpha value is -2.38. The molecule has 0 spiro atoms. The Morgan fingerprint density at radius 2 is 1.29 bits per heavy atom. The van der Waals surface area contributed by atoms with Crippen LogP contribution < -0.4 is 5.32 Å². The normalized spacial score (nSPS) is 13.7. The monoisotopic (exact) mass is 483 g/mol. The van der Waals surface area contributed by atoms with Gasteiger partial charge in [-0.1, -0.05) is 51.2 Å². The molecule has 0 aromatic heterocycles. The van der Waals surface area contributed by atoms with Gasteiger partial charge in [0.05, 0.1) is 0 Å². The van der Waals surface area contributed by atoms with Crippen LogP contribution in [0.1, 0.15) is 105 Å². The molecule has 0 radical (unpaired) electrons. The predicted molar refractivity (Wildman–Crippen MR) is 131 cm³/mol. The summed E-state index contributed by atoms with van der Waals surface area (Å²) >= 11 is 0. The predicted octanol–water partition coefficient (Wildman–Crippen LogP) is 4.78. The van der Waals surface area contributed by atoms with Crippen molar-refractivity contribution in [2.75, 3.05) is 6.61 Å². The number of hydrogen-bond acceptors (Lipinski definition) is 7. The van der Waals surface area contributed by atoms with E-state index in [0.29, 0.717) is 6.42 Å². The molecule has 0 rings (SSSR count). The van der Waals surface area contributed by atoms with Crippen molar-refractivity contribution in [2.24, 2.45) is 0 Å². The van der Waals surface area contributed by atoms with E-state index in [4.69, 9.17) is 14.2 Å². The van der Waals surface area contributed by atoms with Crippen molar-refractivity contribution in [2.45, 2.75) is 123 Å². The summed E-state index contributed by atoms with van der Waals surface area (Å²) in [6, 6.07) is -0.841. The molecule has 0 bridgehead atoms. The zero-order valence-corrected chi connectivity index (χ0v) is 21.7. The molecule has 1 N–H and O–H groups in total. The first kappa shape index (κ1) is 31.6. The average Bonchev–Trinajstić information content (AvgIpc) is 2.74. The molecule has 0 aliphatic rings. The second kappa shape index (κ2) is 20.0. The van der Waals surface area contributed by atoms with Gasteiger partial charge < -0.3 is 19.5 Å². The van der Waals surface area contributed by atoms with Crippen LogP contribution in [0.2, 0.25) is 0 Å². The Labute approximate surface area is 205 Å². The summed E-state index contributed by atoms with van der Waals surface area (Å²) in [6.45, 7) is 7.09. The fourth-order valence-corrected chi connectivity index (χ4v) is 3.68. The van der Waals surface area contributed by atoms with Gasteiger partial charge in [-0.2, -0.15) is 0 Å². The van der Waals surface area contributed by atoms with Gasteiger partial charge in [0.25, 0.3) is 0 Å². The standard InChI is InChI=1S/C26H45NO7/c1-6-7-8-9-10-11-12-13-14-15-16-17-18-25(33-22(4)30)26(34-23(5)31)24(27-20(2)28)19-32-21(3)29/h13-14,24-26H,6-12,15-19H2,1-5H3,(H,27,28). The number of esters is 3. The topological polar surface area (TPSA) is 108 Å². The van der Waals surface area contributed by atoms with Crippen LogP contribution >= 0.6 is 0 Å². The minimum Gasteiger partial charge on any atom is -0.464 e. The van der Waals surface area contributed by atoms with Gasteiger partial charge in [-0.05, 0) is 38.5 Å². The van der Waals surface area contributed by atoms with E-state index in [2.05, 4.69) is 24.4 Å². The van der Waals surface area contributed by atoms with E-state index in [9.17, 15) is 19.2 Å². The summed E-state index contributed by atoms with van der Waals surface area (Å²) in [5.41, 5.74) is 0. The van der Waals surface area contributed by atoms with Crippen LogP contribution in [0.5, 0.6) is 0 Å². The van der Waals surface area contributed by atoms with E-state index in [0.717, 1.165) is 25.7 Å². The molecule has 1 amide bonds. The summed E-state index contributed by atoms with van der Waals surface area (Å²) < 4.78 is 15.9. The number of allylic oxidation sites excluding steroid dienone is 2. The molecule has 0 aliphatic heterocycles. The first-order valence-corrected chi connectivity index (χ1v) is 12.6. The number of unbranched alkanes of at least 4 members (excludes halogenated alkanes) is 8. The molecule has 0 aromatic carbocycles. The zero-order chi connectivity index (χ0) is 25.8. The maximum Gasteiger partial charge on any atom is 0.303 e. The molecule has 0 fully saturated rings. The van der Waals surface area contributed by atoms with E-state index in [1.165, 1.54) is 66.2 Å². The van der Waals surface area contributed by atoms with Crippen molar-refractivity contribution in [1.29, 1.82) is 0 Å². The van der Waals surface area contributed by atoms with Gasteiger partial charge in [0.15, 0.2) is 6.10 Å². The van der Waals surface area contributed by atoms with Crippen molar-refractivity contribution in [3.63, 3.8) is 0 Å². The number of hydrogen-bond donors (Lipinski definition) is 1. The highest BCUT2D eigenvalue weighted by Crippen LogP contribution is 2.18. The van der Waals surface area contributed by atoms with E-state index < -0.39 is 36.2 Å². The molecule has 0 aromatic rings. The number of amides is 1. The lowest BCUT2D eigenvalue weighted by Crippen LogP contribution is -2.53. The van der Waals surface area contributed by atoms with Crippen LogP contribution in [0.3, 0.4) is 0 Å². The van der Waals surface area contributed by atoms with Gasteiger partial charge >= 0.3 is 17.9 Å². The van der Waals surface area contributed by atoms with Crippen molar-refractivity contribution < 1.29 is 33.4 Å². The Morgan fingerprint density at radius 3 is 1.82 bits per heavy atom. The average molecular weight is 484 g/mol. The SMILES string of the molecule is CCCCCCCCC=CCCCCC(OC(C)=O)C(OC(C)=O)C(COC(C)=O)NC(C)=O. The Bertz CT molecular complexity index is 633. The molecule has 3 atom stereocenters. The summed E-state index contributed by atoms with van der Waals surface area (Å²) in [6.07, 6.45) is 14.4. The molecule has 0 saturated carbocycles. The highest BCUT2D eigenvalue weighted by Gasteiger charge is 2.35. The molecule has 8 heteroatoms. The quantitative estimate of drug-likeness (QED) is 0.122. The summed E-state index contributed by atoms with van der Waals surface area (Å²) in [4.78, 5) is 46.5. The third-order valence-corrected chi connectivity index (χ3v) is 5.24. The van der Waals surface area contributed by atoms with Crippen molar-refractivity contribution in [1.82, 2.24) is 5.32 Å². The van der Waals surface area contributed by atoms with Gasteiger partial charge in [0, 0.05) is 27.7 Å². The second-order valence-electron chi connectivity index (χ2n) is 8.64. The van der Waals surface area contributed by atoms with Gasteiger partial charge in [0.2, 0.25) is 5.91 Å². The van der Waals surface area contributed by atoms with E-state index in [1.54, 1.807) is 0 Å². The lowest BCUT2D eigenvalue weighted by atomic mass is 9.99. The molecule has 0 heterocycles. The Morgan fingerprint density at radius 1 is 0.735 bits per heavy atom. The molecule has 0 saturated heterocycles. The third kappa shape index (κ3) is 18.1. The zero-order valence-electron chi connectivity index (χ0n) is 21.7. The van der Waals surface area contributed by atoms with Crippen LogP contribution in [-0.4, -0.2) is 48.7 Å². The molecular formula is C26H45NO7. The first-order chi connectivity index (χ1) is 16.2. The lowest BCUT2D eigenvalue weighted by molar-refractivity contribution is -0.171. The van der Waals surface area contributed by atoms with Crippen LogP contribution in [-0.2, 0) is 33.4 Å². The summed E-state index contributed by atoms with van der Waals surface area (Å²) in [5.74, 6) is -2.02. The minimum absolute atomic E-state index is 0.203. The molecule has 34 heavy (non-hydrogen) atoms. The summed E-state index contributed by atoms with van der Waals surface area (Å²) in [7, 11) is 0. The van der Waals surface area contributed by atoms with Crippen molar-refractivity contribution in [3.8, 4) is 0 Å². The van der Waals surface area contributed by atoms with Crippen molar-refractivity contribution in [3.05, 3.63) is 12.2 Å².